The van der Waals surface area contributed by atoms with Gasteiger partial charge in [-0.3, -0.25) is 0 Å². The van der Waals surface area contributed by atoms with E-state index in [4.69, 9.17) is 4.74 Å². The van der Waals surface area contributed by atoms with E-state index in [-0.39, 0.29) is 5.69 Å². The average molecular weight is 340 g/mol. The molecule has 2 aromatic rings. The molecule has 0 saturated carbocycles. The van der Waals surface area contributed by atoms with Crippen molar-refractivity contribution in [1.82, 2.24) is 4.57 Å². The Morgan fingerprint density at radius 1 is 1.25 bits per heavy atom. The maximum absolute atomic E-state index is 12.2. The van der Waals surface area contributed by atoms with Crippen molar-refractivity contribution in [2.24, 2.45) is 0 Å². The van der Waals surface area contributed by atoms with Crippen LogP contribution < -0.4 is 0 Å². The van der Waals surface area contributed by atoms with Gasteiger partial charge in [-0.05, 0) is 45.0 Å². The lowest BCUT2D eigenvalue weighted by Gasteiger charge is -2.20. The van der Waals surface area contributed by atoms with Gasteiger partial charge in [0.25, 0.3) is 0 Å². The Labute approximate surface area is 124 Å². The summed E-state index contributed by atoms with van der Waals surface area (Å²) in [4.78, 5) is 23.5. The molecule has 0 fully saturated rings. The van der Waals surface area contributed by atoms with Crippen molar-refractivity contribution >= 4 is 38.9 Å². The molecule has 0 saturated heterocycles. The van der Waals surface area contributed by atoms with Gasteiger partial charge in [0.1, 0.15) is 11.3 Å². The third kappa shape index (κ3) is 2.85. The van der Waals surface area contributed by atoms with Crippen LogP contribution in [0.4, 0.5) is 4.79 Å². The maximum atomic E-state index is 12.2. The Kier molecular flexibility index (Phi) is 3.60. The van der Waals surface area contributed by atoms with Crippen molar-refractivity contribution in [1.29, 1.82) is 0 Å². The number of carbonyl (C=O) groups is 2. The van der Waals surface area contributed by atoms with E-state index in [1.807, 2.05) is 0 Å². The molecule has 0 atom stereocenters. The molecule has 0 spiro atoms. The summed E-state index contributed by atoms with van der Waals surface area (Å²) >= 11 is 3.32. The molecule has 1 heterocycles. The van der Waals surface area contributed by atoms with Crippen LogP contribution in [0.15, 0.2) is 28.7 Å². The van der Waals surface area contributed by atoms with Crippen LogP contribution in [0, 0.1) is 0 Å². The van der Waals surface area contributed by atoms with Crippen molar-refractivity contribution in [2.75, 3.05) is 0 Å². The molecule has 0 radical (unpaired) electrons. The summed E-state index contributed by atoms with van der Waals surface area (Å²) in [6.07, 6.45) is -0.702. The maximum Gasteiger partial charge on any atom is 0.419 e. The first kappa shape index (κ1) is 14.6. The van der Waals surface area contributed by atoms with E-state index >= 15 is 0 Å². The zero-order valence-electron chi connectivity index (χ0n) is 11.3. The van der Waals surface area contributed by atoms with Gasteiger partial charge in [0.05, 0.1) is 5.52 Å². The number of halogens is 1. The Bertz CT molecular complexity index is 697. The SMILES string of the molecule is CC(C)(C)OC(=O)n1c(C(=O)O)cc2cc(Br)ccc21. The number of benzene rings is 1. The second kappa shape index (κ2) is 4.94. The highest BCUT2D eigenvalue weighted by Gasteiger charge is 2.24. The predicted molar refractivity (Wildman–Crippen MR) is 78.2 cm³/mol. The lowest BCUT2D eigenvalue weighted by Crippen LogP contribution is -2.28. The normalized spacial score (nSPS) is 11.6. The van der Waals surface area contributed by atoms with Gasteiger partial charge in [-0.2, -0.15) is 0 Å². The lowest BCUT2D eigenvalue weighted by atomic mass is 10.2. The number of rotatable bonds is 1. The molecule has 0 aliphatic carbocycles. The summed E-state index contributed by atoms with van der Waals surface area (Å²) in [5.41, 5.74) is -0.314. The number of fused-ring (bicyclic) bond motifs is 1. The number of hydrogen-bond acceptors (Lipinski definition) is 3. The molecule has 2 rings (SSSR count). The summed E-state index contributed by atoms with van der Waals surface area (Å²) in [5, 5.41) is 9.90. The Morgan fingerprint density at radius 3 is 2.45 bits per heavy atom. The standard InChI is InChI=1S/C14H14BrNO4/c1-14(2,3)20-13(19)16-10-5-4-9(15)6-8(10)7-11(16)12(17)18/h4-7H,1-3H3,(H,17,18). The van der Waals surface area contributed by atoms with Gasteiger partial charge in [-0.1, -0.05) is 15.9 Å². The highest BCUT2D eigenvalue weighted by Crippen LogP contribution is 2.25. The molecule has 6 heteroatoms. The number of aromatic nitrogens is 1. The molecular weight excluding hydrogens is 326 g/mol. The molecular formula is C14H14BrNO4. The van der Waals surface area contributed by atoms with Gasteiger partial charge in [0.2, 0.25) is 0 Å². The number of carboxylic acids is 1. The van der Waals surface area contributed by atoms with Gasteiger partial charge >= 0.3 is 12.1 Å². The monoisotopic (exact) mass is 339 g/mol. The highest BCUT2D eigenvalue weighted by molar-refractivity contribution is 9.10. The Morgan fingerprint density at radius 2 is 1.90 bits per heavy atom. The average Bonchev–Trinajstić information content (AvgIpc) is 2.64. The first-order valence-electron chi connectivity index (χ1n) is 5.97. The fourth-order valence-corrected chi connectivity index (χ4v) is 2.23. The molecule has 20 heavy (non-hydrogen) atoms. The van der Waals surface area contributed by atoms with Crippen LogP contribution in [-0.2, 0) is 4.74 Å². The zero-order valence-corrected chi connectivity index (χ0v) is 12.9. The quantitative estimate of drug-likeness (QED) is 0.855. The summed E-state index contributed by atoms with van der Waals surface area (Å²) in [6.45, 7) is 5.19. The van der Waals surface area contributed by atoms with Crippen molar-refractivity contribution in [3.05, 3.63) is 34.4 Å². The van der Waals surface area contributed by atoms with Crippen LogP contribution >= 0.6 is 15.9 Å². The molecule has 0 unspecified atom stereocenters. The van der Waals surface area contributed by atoms with Gasteiger partial charge in [-0.15, -0.1) is 0 Å². The number of hydrogen-bond donors (Lipinski definition) is 1. The number of carbonyl (C=O) groups excluding carboxylic acids is 1. The fourth-order valence-electron chi connectivity index (χ4n) is 1.85. The molecule has 5 nitrogen and oxygen atoms in total. The number of nitrogens with zero attached hydrogens (tertiary/aromatic N) is 1. The van der Waals surface area contributed by atoms with Gasteiger partial charge < -0.3 is 9.84 Å². The molecule has 0 aliphatic heterocycles. The topological polar surface area (TPSA) is 68.5 Å². The van der Waals surface area contributed by atoms with Crippen LogP contribution in [0.3, 0.4) is 0 Å². The number of aromatic carboxylic acids is 1. The largest absolute Gasteiger partial charge is 0.477 e. The molecule has 0 amide bonds. The molecule has 1 aromatic heterocycles. The molecule has 0 bridgehead atoms. The number of carboxylic acid groups (broad SMARTS) is 1. The van der Waals surface area contributed by atoms with Crippen LogP contribution in [0.1, 0.15) is 31.3 Å². The smallest absolute Gasteiger partial charge is 0.419 e. The minimum absolute atomic E-state index is 0.118. The van der Waals surface area contributed by atoms with Crippen LogP contribution in [0.25, 0.3) is 10.9 Å². The summed E-state index contributed by atoms with van der Waals surface area (Å²) in [6, 6.07) is 6.62. The summed E-state index contributed by atoms with van der Waals surface area (Å²) in [5.74, 6) is -1.18. The predicted octanol–water partition coefficient (Wildman–Crippen LogP) is 3.89. The minimum atomic E-state index is -1.18. The van der Waals surface area contributed by atoms with E-state index < -0.39 is 17.7 Å². The first-order valence-corrected chi connectivity index (χ1v) is 6.76. The minimum Gasteiger partial charge on any atom is -0.477 e. The lowest BCUT2D eigenvalue weighted by molar-refractivity contribution is 0.0513. The van der Waals surface area contributed by atoms with E-state index in [9.17, 15) is 14.7 Å². The second-order valence-electron chi connectivity index (χ2n) is 5.35. The molecule has 0 aliphatic rings. The summed E-state index contributed by atoms with van der Waals surface area (Å²) < 4.78 is 7.15. The first-order chi connectivity index (χ1) is 9.19. The van der Waals surface area contributed by atoms with E-state index in [0.29, 0.717) is 10.9 Å². The Balaban J connectivity index is 2.63. The third-order valence-electron chi connectivity index (χ3n) is 2.56. The second-order valence-corrected chi connectivity index (χ2v) is 6.27. The van der Waals surface area contributed by atoms with Crippen LogP contribution in [-0.4, -0.2) is 27.3 Å². The molecule has 1 N–H and O–H groups in total. The van der Waals surface area contributed by atoms with E-state index in [1.165, 1.54) is 6.07 Å². The molecule has 1 aromatic carbocycles. The van der Waals surface area contributed by atoms with E-state index in [2.05, 4.69) is 15.9 Å². The van der Waals surface area contributed by atoms with E-state index in [0.717, 1.165) is 9.04 Å². The van der Waals surface area contributed by atoms with Crippen LogP contribution in [0.5, 0.6) is 0 Å². The van der Waals surface area contributed by atoms with Crippen LogP contribution in [0.2, 0.25) is 0 Å². The summed E-state index contributed by atoms with van der Waals surface area (Å²) in [7, 11) is 0. The van der Waals surface area contributed by atoms with Gasteiger partial charge in [0.15, 0.2) is 0 Å². The van der Waals surface area contributed by atoms with Crippen molar-refractivity contribution in [2.45, 2.75) is 26.4 Å². The van der Waals surface area contributed by atoms with Gasteiger partial charge in [0, 0.05) is 9.86 Å². The third-order valence-corrected chi connectivity index (χ3v) is 3.05. The van der Waals surface area contributed by atoms with Crippen molar-refractivity contribution < 1.29 is 19.4 Å². The van der Waals surface area contributed by atoms with Gasteiger partial charge in [-0.25, -0.2) is 14.2 Å². The van der Waals surface area contributed by atoms with E-state index in [1.54, 1.807) is 39.0 Å². The van der Waals surface area contributed by atoms with Crippen molar-refractivity contribution in [3.63, 3.8) is 0 Å². The Hall–Kier alpha value is -1.82. The molecule has 106 valence electrons. The van der Waals surface area contributed by atoms with Crippen molar-refractivity contribution in [3.8, 4) is 0 Å². The zero-order chi connectivity index (χ0) is 15.1. The fraction of sp³-hybridized carbons (Fsp3) is 0.286. The highest BCUT2D eigenvalue weighted by atomic mass is 79.9. The number of ether oxygens (including phenoxy) is 1.